The summed E-state index contributed by atoms with van der Waals surface area (Å²) >= 11 is 1.93. The molecule has 0 bridgehead atoms. The van der Waals surface area contributed by atoms with Crippen molar-refractivity contribution in [2.75, 3.05) is 47.0 Å². The molecular formula is C15H23IN4O2. The minimum atomic E-state index is 0.615. The first-order valence-corrected chi connectivity index (χ1v) is 8.32. The molecule has 2 aliphatic rings. The summed E-state index contributed by atoms with van der Waals surface area (Å²) in [6, 6.07) is 0. The van der Waals surface area contributed by atoms with E-state index in [0.29, 0.717) is 5.90 Å². The van der Waals surface area contributed by atoms with Crippen molar-refractivity contribution >= 4 is 34.7 Å². The fourth-order valence-corrected chi connectivity index (χ4v) is 2.87. The van der Waals surface area contributed by atoms with E-state index in [2.05, 4.69) is 27.0 Å². The van der Waals surface area contributed by atoms with Crippen molar-refractivity contribution in [1.29, 1.82) is 0 Å². The zero-order valence-electron chi connectivity index (χ0n) is 13.4. The molecule has 0 aliphatic carbocycles. The number of guanidine groups is 1. The number of allylic oxidation sites excluding steroid dienone is 1. The lowest BCUT2D eigenvalue weighted by Gasteiger charge is -2.37. The van der Waals surface area contributed by atoms with Crippen LogP contribution >= 0.6 is 22.9 Å². The third-order valence-corrected chi connectivity index (χ3v) is 4.18. The van der Waals surface area contributed by atoms with Gasteiger partial charge in [-0.1, -0.05) is 6.08 Å². The van der Waals surface area contributed by atoms with Gasteiger partial charge in [0.15, 0.2) is 0 Å². The van der Waals surface area contributed by atoms with E-state index in [1.165, 1.54) is 5.57 Å². The first-order chi connectivity index (χ1) is 10.7. The molecule has 7 heteroatoms. The van der Waals surface area contributed by atoms with E-state index in [1.807, 2.05) is 35.0 Å². The molecular weight excluding hydrogens is 395 g/mol. The predicted molar refractivity (Wildman–Crippen MR) is 97.4 cm³/mol. The fourth-order valence-electron chi connectivity index (χ4n) is 2.52. The Labute approximate surface area is 146 Å². The number of likely N-dealkylation sites (N-methyl/N-ethyl adjacent to an activating group) is 1. The summed E-state index contributed by atoms with van der Waals surface area (Å²) in [7, 11) is 3.72. The van der Waals surface area contributed by atoms with Crippen LogP contribution in [0.3, 0.4) is 0 Å². The molecule has 0 atom stereocenters. The van der Waals surface area contributed by atoms with Crippen LogP contribution in [0.25, 0.3) is 0 Å². The molecule has 0 aromatic rings. The molecule has 0 saturated carbocycles. The number of hydrogen-bond acceptors (Lipinski definition) is 6. The van der Waals surface area contributed by atoms with Gasteiger partial charge in [-0.3, -0.25) is 0 Å². The normalized spacial score (nSPS) is 20.7. The molecule has 0 spiro atoms. The summed E-state index contributed by atoms with van der Waals surface area (Å²) < 4.78 is 14.6. The second-order valence-electron chi connectivity index (χ2n) is 5.33. The average Bonchev–Trinajstić information content (AvgIpc) is 2.54. The first-order valence-electron chi connectivity index (χ1n) is 7.36. The van der Waals surface area contributed by atoms with Crippen molar-refractivity contribution in [3.05, 3.63) is 23.4 Å². The SMILES string of the molecule is COC(/C=C\CC1=C(C)CN(C)C(N2CCOCC2)=N1)=NI. The molecule has 0 aromatic heterocycles. The largest absolute Gasteiger partial charge is 0.481 e. The van der Waals surface area contributed by atoms with Crippen LogP contribution in [0, 0.1) is 0 Å². The highest BCUT2D eigenvalue weighted by atomic mass is 127. The van der Waals surface area contributed by atoms with Gasteiger partial charge < -0.3 is 19.3 Å². The topological polar surface area (TPSA) is 49.7 Å². The summed E-state index contributed by atoms with van der Waals surface area (Å²) in [5.74, 6) is 1.66. The number of methoxy groups -OCH3 is 1. The molecule has 122 valence electrons. The summed E-state index contributed by atoms with van der Waals surface area (Å²) in [6.07, 6.45) is 4.72. The number of rotatable bonds is 3. The van der Waals surface area contributed by atoms with Gasteiger partial charge in [0.25, 0.3) is 0 Å². The van der Waals surface area contributed by atoms with E-state index in [4.69, 9.17) is 14.5 Å². The van der Waals surface area contributed by atoms with E-state index in [0.717, 1.165) is 50.9 Å². The Balaban J connectivity index is 2.08. The van der Waals surface area contributed by atoms with Crippen LogP contribution in [-0.4, -0.2) is 68.7 Å². The molecule has 0 aromatic carbocycles. The standard InChI is InChI=1S/C15H23IN4O2/c1-12-11-19(2)15(20-7-9-22-10-8-20)17-13(12)5-4-6-14(18-16)21-3/h4,6H,5,7-11H2,1-3H3/b6-4-,18-14?. The van der Waals surface area contributed by atoms with Crippen molar-refractivity contribution < 1.29 is 9.47 Å². The summed E-state index contributed by atoms with van der Waals surface area (Å²) in [6.45, 7) is 6.41. The number of morpholine rings is 1. The Morgan fingerprint density at radius 2 is 2.18 bits per heavy atom. The molecule has 22 heavy (non-hydrogen) atoms. The lowest BCUT2D eigenvalue weighted by Crippen LogP contribution is -2.49. The molecule has 2 heterocycles. The third-order valence-electron chi connectivity index (χ3n) is 3.70. The summed E-state index contributed by atoms with van der Waals surface area (Å²) in [5.41, 5.74) is 2.43. The van der Waals surface area contributed by atoms with E-state index in [9.17, 15) is 0 Å². The number of halogens is 1. The summed E-state index contributed by atoms with van der Waals surface area (Å²) in [5, 5.41) is 0. The quantitative estimate of drug-likeness (QED) is 0.401. The van der Waals surface area contributed by atoms with Crippen LogP contribution in [0.1, 0.15) is 13.3 Å². The second-order valence-corrected chi connectivity index (χ2v) is 5.81. The number of nitrogens with zero attached hydrogens (tertiary/aromatic N) is 4. The average molecular weight is 418 g/mol. The second kappa shape index (κ2) is 8.52. The Hall–Kier alpha value is -1.09. The summed E-state index contributed by atoms with van der Waals surface area (Å²) in [4.78, 5) is 9.38. The van der Waals surface area contributed by atoms with Gasteiger partial charge in [-0.25, -0.2) is 4.99 Å². The molecule has 6 nitrogen and oxygen atoms in total. The van der Waals surface area contributed by atoms with Crippen LogP contribution in [-0.2, 0) is 9.47 Å². The highest BCUT2D eigenvalue weighted by Crippen LogP contribution is 2.20. The van der Waals surface area contributed by atoms with Gasteiger partial charge in [0, 0.05) is 38.8 Å². The van der Waals surface area contributed by atoms with Gasteiger partial charge >= 0.3 is 0 Å². The Bertz CT molecular complexity index is 508. The van der Waals surface area contributed by atoms with Gasteiger partial charge in [0.1, 0.15) is 0 Å². The maximum atomic E-state index is 5.42. The number of aliphatic imine (C=N–C) groups is 1. The van der Waals surface area contributed by atoms with Crippen LogP contribution in [0.5, 0.6) is 0 Å². The van der Waals surface area contributed by atoms with Gasteiger partial charge in [-0.2, -0.15) is 3.21 Å². The van der Waals surface area contributed by atoms with Crippen LogP contribution in [0.2, 0.25) is 0 Å². The van der Waals surface area contributed by atoms with Crippen molar-refractivity contribution in [3.63, 3.8) is 0 Å². The monoisotopic (exact) mass is 418 g/mol. The van der Waals surface area contributed by atoms with Gasteiger partial charge in [-0.15, -0.1) is 0 Å². The van der Waals surface area contributed by atoms with E-state index < -0.39 is 0 Å². The number of hydrogen-bond donors (Lipinski definition) is 0. The predicted octanol–water partition coefficient (Wildman–Crippen LogP) is 2.24. The van der Waals surface area contributed by atoms with Crippen LogP contribution in [0.15, 0.2) is 31.6 Å². The van der Waals surface area contributed by atoms with E-state index >= 15 is 0 Å². The fraction of sp³-hybridized carbons (Fsp3) is 0.600. The van der Waals surface area contributed by atoms with Gasteiger partial charge in [-0.05, 0) is 18.6 Å². The maximum absolute atomic E-state index is 5.42. The first kappa shape index (κ1) is 17.3. The lowest BCUT2D eigenvalue weighted by molar-refractivity contribution is 0.0630. The van der Waals surface area contributed by atoms with E-state index in [1.54, 1.807) is 7.11 Å². The highest BCUT2D eigenvalue weighted by Gasteiger charge is 2.23. The molecule has 0 unspecified atom stereocenters. The lowest BCUT2D eigenvalue weighted by atomic mass is 10.1. The molecule has 0 N–H and O–H groups in total. The maximum Gasteiger partial charge on any atom is 0.218 e. The zero-order valence-corrected chi connectivity index (χ0v) is 15.5. The Morgan fingerprint density at radius 1 is 1.45 bits per heavy atom. The minimum absolute atomic E-state index is 0.615. The van der Waals surface area contributed by atoms with Gasteiger partial charge in [0.2, 0.25) is 11.9 Å². The smallest absolute Gasteiger partial charge is 0.218 e. The molecule has 1 fully saturated rings. The Kier molecular flexibility index (Phi) is 6.69. The third kappa shape index (κ3) is 4.45. The molecule has 1 saturated heterocycles. The van der Waals surface area contributed by atoms with E-state index in [-0.39, 0.29) is 0 Å². The van der Waals surface area contributed by atoms with Crippen molar-refractivity contribution in [2.45, 2.75) is 13.3 Å². The van der Waals surface area contributed by atoms with Gasteiger partial charge in [0.05, 0.1) is 43.2 Å². The van der Waals surface area contributed by atoms with Crippen molar-refractivity contribution in [3.8, 4) is 0 Å². The molecule has 0 radical (unpaired) electrons. The molecule has 0 amide bonds. The zero-order chi connectivity index (χ0) is 15.9. The van der Waals surface area contributed by atoms with Crippen molar-refractivity contribution in [1.82, 2.24) is 9.80 Å². The molecule has 2 rings (SSSR count). The number of ether oxygens (including phenoxy) is 2. The van der Waals surface area contributed by atoms with Crippen molar-refractivity contribution in [2.24, 2.45) is 8.20 Å². The van der Waals surface area contributed by atoms with Crippen LogP contribution < -0.4 is 0 Å². The minimum Gasteiger partial charge on any atom is -0.481 e. The Morgan fingerprint density at radius 3 is 2.82 bits per heavy atom. The highest BCUT2D eigenvalue weighted by molar-refractivity contribution is 14.1. The van der Waals surface area contributed by atoms with Crippen LogP contribution in [0.4, 0.5) is 0 Å². The molecule has 2 aliphatic heterocycles.